The van der Waals surface area contributed by atoms with Gasteiger partial charge in [0.25, 0.3) is 0 Å². The van der Waals surface area contributed by atoms with E-state index >= 15 is 0 Å². The number of nitrogens with zero attached hydrogens (tertiary/aromatic N) is 3. The Labute approximate surface area is 158 Å². The van der Waals surface area contributed by atoms with Crippen LogP contribution in [0, 0.1) is 11.6 Å². The Morgan fingerprint density at radius 3 is 2.63 bits per heavy atom. The average molecular weight is 380 g/mol. The summed E-state index contributed by atoms with van der Waals surface area (Å²) in [6.07, 6.45) is 3.43. The lowest BCUT2D eigenvalue weighted by Gasteiger charge is -2.01. The zero-order valence-electron chi connectivity index (χ0n) is 14.0. The molecular formula is C20H14F2N4S. The van der Waals surface area contributed by atoms with Gasteiger partial charge in [-0.15, -0.1) is 11.3 Å². The Morgan fingerprint density at radius 1 is 1.04 bits per heavy atom. The largest absolute Gasteiger partial charge is 0.276 e. The monoisotopic (exact) mass is 380 g/mol. The first-order valence-electron chi connectivity index (χ1n) is 8.14. The molecule has 0 radical (unpaired) electrons. The summed E-state index contributed by atoms with van der Waals surface area (Å²) in [6, 6.07) is 16.9. The lowest BCUT2D eigenvalue weighted by Crippen LogP contribution is -1.94. The first-order valence-corrected chi connectivity index (χ1v) is 9.02. The van der Waals surface area contributed by atoms with E-state index in [2.05, 4.69) is 15.6 Å². The van der Waals surface area contributed by atoms with E-state index in [0.29, 0.717) is 0 Å². The van der Waals surface area contributed by atoms with Gasteiger partial charge in [-0.3, -0.25) is 5.43 Å². The maximum absolute atomic E-state index is 13.7. The highest BCUT2D eigenvalue weighted by Gasteiger charge is 2.12. The van der Waals surface area contributed by atoms with E-state index in [0.717, 1.165) is 27.9 Å². The molecule has 2 aromatic carbocycles. The Hall–Kier alpha value is -3.32. The number of hydrogen-bond donors (Lipinski definition) is 1. The first kappa shape index (κ1) is 17.1. The average Bonchev–Trinajstić information content (AvgIpc) is 3.34. The van der Waals surface area contributed by atoms with Crippen LogP contribution < -0.4 is 5.43 Å². The van der Waals surface area contributed by atoms with Crippen molar-refractivity contribution in [2.75, 3.05) is 5.43 Å². The number of benzene rings is 2. The van der Waals surface area contributed by atoms with Crippen LogP contribution in [-0.4, -0.2) is 16.0 Å². The van der Waals surface area contributed by atoms with Crippen molar-refractivity contribution < 1.29 is 8.78 Å². The topological polar surface area (TPSA) is 42.2 Å². The predicted octanol–water partition coefficient (Wildman–Crippen LogP) is 5.33. The molecule has 1 N–H and O–H groups in total. The molecule has 2 aromatic heterocycles. The number of aromatic nitrogens is 2. The Bertz CT molecular complexity index is 1070. The standard InChI is InChI=1S/C20H14F2N4S/c21-15-8-9-18(17(22)11-15)24-23-12-14-13-26(16-5-2-1-3-6-16)25-20(14)19-7-4-10-27-19/h1-13,24H/b23-12+. The molecule has 2 heterocycles. The number of hydrazone groups is 1. The molecule has 4 rings (SSSR count). The van der Waals surface area contributed by atoms with Gasteiger partial charge in [0.05, 0.1) is 22.5 Å². The van der Waals surface area contributed by atoms with Gasteiger partial charge in [0.15, 0.2) is 5.82 Å². The maximum atomic E-state index is 13.7. The van der Waals surface area contributed by atoms with Gasteiger partial charge in [0, 0.05) is 17.8 Å². The van der Waals surface area contributed by atoms with E-state index in [1.165, 1.54) is 12.1 Å². The zero-order chi connectivity index (χ0) is 18.6. The summed E-state index contributed by atoms with van der Waals surface area (Å²) in [7, 11) is 0. The SMILES string of the molecule is Fc1ccc(N/N=C/c2cn(-c3ccccc3)nc2-c2cccs2)c(F)c1. The number of rotatable bonds is 5. The van der Waals surface area contributed by atoms with Crippen LogP contribution >= 0.6 is 11.3 Å². The number of nitrogens with one attached hydrogen (secondary N) is 1. The number of halogens is 2. The molecule has 4 nitrogen and oxygen atoms in total. The van der Waals surface area contributed by atoms with Gasteiger partial charge in [-0.1, -0.05) is 24.3 Å². The molecule has 0 bridgehead atoms. The highest BCUT2D eigenvalue weighted by atomic mass is 32.1. The summed E-state index contributed by atoms with van der Waals surface area (Å²) >= 11 is 1.57. The lowest BCUT2D eigenvalue weighted by atomic mass is 10.2. The summed E-state index contributed by atoms with van der Waals surface area (Å²) in [5, 5.41) is 10.7. The summed E-state index contributed by atoms with van der Waals surface area (Å²) < 4.78 is 28.5. The molecule has 0 aliphatic heterocycles. The summed E-state index contributed by atoms with van der Waals surface area (Å²) in [5.41, 5.74) is 5.18. The fraction of sp³-hybridized carbons (Fsp3) is 0. The molecule has 0 amide bonds. The van der Waals surface area contributed by atoms with Crippen LogP contribution in [0.1, 0.15) is 5.56 Å². The number of hydrogen-bond acceptors (Lipinski definition) is 4. The van der Waals surface area contributed by atoms with Crippen molar-refractivity contribution in [1.29, 1.82) is 0 Å². The van der Waals surface area contributed by atoms with Gasteiger partial charge in [0.2, 0.25) is 0 Å². The van der Waals surface area contributed by atoms with Crippen molar-refractivity contribution in [1.82, 2.24) is 9.78 Å². The Kier molecular flexibility index (Phi) is 4.76. The van der Waals surface area contributed by atoms with Gasteiger partial charge in [-0.05, 0) is 35.7 Å². The fourth-order valence-corrected chi connectivity index (χ4v) is 3.28. The molecule has 0 saturated carbocycles. The summed E-state index contributed by atoms with van der Waals surface area (Å²) in [5.74, 6) is -1.34. The first-order chi connectivity index (χ1) is 13.2. The molecule has 0 aliphatic carbocycles. The van der Waals surface area contributed by atoms with Gasteiger partial charge in [-0.25, -0.2) is 13.5 Å². The molecule has 27 heavy (non-hydrogen) atoms. The number of thiophene rings is 1. The van der Waals surface area contributed by atoms with E-state index in [9.17, 15) is 8.78 Å². The molecule has 0 saturated heterocycles. The highest BCUT2D eigenvalue weighted by molar-refractivity contribution is 7.13. The molecule has 0 fully saturated rings. The van der Waals surface area contributed by atoms with E-state index in [4.69, 9.17) is 0 Å². The predicted molar refractivity (Wildman–Crippen MR) is 104 cm³/mol. The van der Waals surface area contributed by atoms with Crippen LogP contribution in [0.15, 0.2) is 77.3 Å². The molecule has 0 spiro atoms. The maximum Gasteiger partial charge on any atom is 0.151 e. The van der Waals surface area contributed by atoms with Crippen molar-refractivity contribution in [2.45, 2.75) is 0 Å². The Balaban J connectivity index is 1.65. The van der Waals surface area contributed by atoms with Crippen LogP contribution in [0.2, 0.25) is 0 Å². The number of anilines is 1. The minimum Gasteiger partial charge on any atom is -0.276 e. The fourth-order valence-electron chi connectivity index (χ4n) is 2.55. The van der Waals surface area contributed by atoms with Crippen LogP contribution in [0.5, 0.6) is 0 Å². The summed E-state index contributed by atoms with van der Waals surface area (Å²) in [4.78, 5) is 0.999. The van der Waals surface area contributed by atoms with Crippen LogP contribution in [0.3, 0.4) is 0 Å². The second-order valence-electron chi connectivity index (χ2n) is 5.68. The minimum atomic E-state index is -0.703. The molecular weight excluding hydrogens is 366 g/mol. The number of para-hydroxylation sites is 1. The second kappa shape index (κ2) is 7.51. The zero-order valence-corrected chi connectivity index (χ0v) is 14.8. The molecule has 0 atom stereocenters. The van der Waals surface area contributed by atoms with E-state index < -0.39 is 11.6 Å². The van der Waals surface area contributed by atoms with E-state index in [1.54, 1.807) is 22.2 Å². The third-order valence-electron chi connectivity index (χ3n) is 3.84. The minimum absolute atomic E-state index is 0.0979. The van der Waals surface area contributed by atoms with Crippen LogP contribution in [0.4, 0.5) is 14.5 Å². The van der Waals surface area contributed by atoms with Crippen molar-refractivity contribution in [3.05, 3.63) is 89.4 Å². The smallest absolute Gasteiger partial charge is 0.151 e. The van der Waals surface area contributed by atoms with Gasteiger partial charge in [-0.2, -0.15) is 10.2 Å². The molecule has 0 aliphatic rings. The molecule has 134 valence electrons. The van der Waals surface area contributed by atoms with E-state index in [1.807, 2.05) is 54.0 Å². The van der Waals surface area contributed by atoms with Crippen molar-refractivity contribution in [3.63, 3.8) is 0 Å². The van der Waals surface area contributed by atoms with Crippen molar-refractivity contribution >= 4 is 23.2 Å². The van der Waals surface area contributed by atoms with Crippen LogP contribution in [0.25, 0.3) is 16.3 Å². The highest BCUT2D eigenvalue weighted by Crippen LogP contribution is 2.27. The van der Waals surface area contributed by atoms with Gasteiger partial charge < -0.3 is 0 Å². The van der Waals surface area contributed by atoms with Crippen molar-refractivity contribution in [2.24, 2.45) is 5.10 Å². The Morgan fingerprint density at radius 2 is 1.89 bits per heavy atom. The lowest BCUT2D eigenvalue weighted by molar-refractivity contribution is 0.585. The van der Waals surface area contributed by atoms with Crippen LogP contribution in [-0.2, 0) is 0 Å². The third kappa shape index (κ3) is 3.78. The second-order valence-corrected chi connectivity index (χ2v) is 6.63. The third-order valence-corrected chi connectivity index (χ3v) is 4.71. The normalized spacial score (nSPS) is 11.2. The quantitative estimate of drug-likeness (QED) is 0.376. The molecule has 4 aromatic rings. The van der Waals surface area contributed by atoms with Gasteiger partial charge >= 0.3 is 0 Å². The van der Waals surface area contributed by atoms with E-state index in [-0.39, 0.29) is 5.69 Å². The summed E-state index contributed by atoms with van der Waals surface area (Å²) in [6.45, 7) is 0. The van der Waals surface area contributed by atoms with Gasteiger partial charge in [0.1, 0.15) is 11.5 Å². The molecule has 0 unspecified atom stereocenters. The molecule has 7 heteroatoms. The van der Waals surface area contributed by atoms with Crippen molar-refractivity contribution in [3.8, 4) is 16.3 Å².